The van der Waals surface area contributed by atoms with Gasteiger partial charge in [0.25, 0.3) is 0 Å². The Labute approximate surface area is 78.9 Å². The van der Waals surface area contributed by atoms with Crippen molar-refractivity contribution in [2.45, 2.75) is 0 Å². The molecule has 0 bridgehead atoms. The van der Waals surface area contributed by atoms with Gasteiger partial charge in [0.15, 0.2) is 0 Å². The first-order valence-corrected chi connectivity index (χ1v) is 4.05. The lowest BCUT2D eigenvalue weighted by atomic mass is 10.2. The summed E-state index contributed by atoms with van der Waals surface area (Å²) in [5.41, 5.74) is 1.01. The molecule has 0 unspecified atom stereocenters. The Morgan fingerprint density at radius 2 is 1.92 bits per heavy atom. The summed E-state index contributed by atoms with van der Waals surface area (Å²) in [7, 11) is 3.72. The number of hydrogen-bond donors (Lipinski definition) is 0. The first-order chi connectivity index (χ1) is 6.29. The fourth-order valence-electron chi connectivity index (χ4n) is 0.781. The van der Waals surface area contributed by atoms with Crippen LogP contribution in [0, 0.1) is 11.8 Å². The van der Waals surface area contributed by atoms with E-state index in [4.69, 9.17) is 0 Å². The van der Waals surface area contributed by atoms with Gasteiger partial charge < -0.3 is 5.01 Å². The van der Waals surface area contributed by atoms with Crippen molar-refractivity contribution < 1.29 is 0 Å². The summed E-state index contributed by atoms with van der Waals surface area (Å²) in [6.07, 6.45) is 1.59. The molecule has 0 spiro atoms. The maximum Gasteiger partial charge on any atom is 0.0972 e. The van der Waals surface area contributed by atoms with E-state index < -0.39 is 0 Å². The Hall–Kier alpha value is -1.75. The van der Waals surface area contributed by atoms with E-state index in [1.807, 2.05) is 44.4 Å². The minimum absolute atomic E-state index is 1.01. The molecule has 0 radical (unpaired) electrons. The molecule has 2 nitrogen and oxygen atoms in total. The van der Waals surface area contributed by atoms with Crippen molar-refractivity contribution in [2.24, 2.45) is 5.10 Å². The van der Waals surface area contributed by atoms with Gasteiger partial charge in [0, 0.05) is 19.7 Å². The number of benzene rings is 1. The van der Waals surface area contributed by atoms with Gasteiger partial charge >= 0.3 is 0 Å². The van der Waals surface area contributed by atoms with Crippen molar-refractivity contribution in [1.29, 1.82) is 0 Å². The molecule has 0 saturated heterocycles. The summed E-state index contributed by atoms with van der Waals surface area (Å²) in [6, 6.07) is 9.84. The molecule has 0 heterocycles. The highest BCUT2D eigenvalue weighted by molar-refractivity contribution is 5.78. The van der Waals surface area contributed by atoms with Crippen LogP contribution in [0.3, 0.4) is 0 Å². The smallest absolute Gasteiger partial charge is 0.0972 e. The molecule has 0 aliphatic carbocycles. The highest BCUT2D eigenvalue weighted by atomic mass is 15.4. The zero-order valence-corrected chi connectivity index (χ0v) is 7.86. The van der Waals surface area contributed by atoms with Crippen LogP contribution in [0.5, 0.6) is 0 Å². The van der Waals surface area contributed by atoms with Crippen LogP contribution in [0.15, 0.2) is 35.4 Å². The summed E-state index contributed by atoms with van der Waals surface area (Å²) in [6.45, 7) is 0. The van der Waals surface area contributed by atoms with Crippen LogP contribution in [0.25, 0.3) is 0 Å². The predicted octanol–water partition coefficient (Wildman–Crippen LogP) is 1.59. The van der Waals surface area contributed by atoms with Gasteiger partial charge in [-0.1, -0.05) is 24.1 Å². The summed E-state index contributed by atoms with van der Waals surface area (Å²) < 4.78 is 0. The van der Waals surface area contributed by atoms with Crippen LogP contribution >= 0.6 is 0 Å². The lowest BCUT2D eigenvalue weighted by Gasteiger charge is -1.98. The van der Waals surface area contributed by atoms with E-state index >= 15 is 0 Å². The molecule has 0 aliphatic heterocycles. The van der Waals surface area contributed by atoms with E-state index in [1.54, 1.807) is 11.2 Å². The minimum atomic E-state index is 1.01. The van der Waals surface area contributed by atoms with Gasteiger partial charge in [-0.2, -0.15) is 5.10 Å². The fourth-order valence-corrected chi connectivity index (χ4v) is 0.781. The van der Waals surface area contributed by atoms with Crippen LogP contribution in [0.1, 0.15) is 5.56 Å². The summed E-state index contributed by atoms with van der Waals surface area (Å²) in [5, 5.41) is 5.68. The number of rotatable bonds is 1. The highest BCUT2D eigenvalue weighted by Gasteiger charge is 1.79. The van der Waals surface area contributed by atoms with Gasteiger partial charge in [0.1, 0.15) is 0 Å². The lowest BCUT2D eigenvalue weighted by Crippen LogP contribution is -2.00. The Balaban J connectivity index is 2.59. The summed E-state index contributed by atoms with van der Waals surface area (Å²) in [4.78, 5) is 0. The number of hydrazone groups is 1. The third-order valence-corrected chi connectivity index (χ3v) is 1.34. The van der Waals surface area contributed by atoms with Crippen molar-refractivity contribution in [3.05, 3.63) is 35.9 Å². The van der Waals surface area contributed by atoms with Crippen molar-refractivity contribution in [1.82, 2.24) is 5.01 Å². The molecule has 13 heavy (non-hydrogen) atoms. The number of hydrogen-bond acceptors (Lipinski definition) is 2. The zero-order valence-electron chi connectivity index (χ0n) is 7.86. The third-order valence-electron chi connectivity index (χ3n) is 1.34. The topological polar surface area (TPSA) is 15.6 Å². The van der Waals surface area contributed by atoms with Gasteiger partial charge in [-0.25, -0.2) is 0 Å². The second kappa shape index (κ2) is 5.00. The molecule has 1 aromatic rings. The van der Waals surface area contributed by atoms with Crippen LogP contribution in [-0.2, 0) is 0 Å². The SMILES string of the molecule is CN(C)/N=C\C#Cc1ccccc1. The molecule has 0 N–H and O–H groups in total. The zero-order chi connectivity index (χ0) is 9.52. The van der Waals surface area contributed by atoms with E-state index in [9.17, 15) is 0 Å². The average molecular weight is 172 g/mol. The van der Waals surface area contributed by atoms with E-state index in [0.29, 0.717) is 0 Å². The minimum Gasteiger partial charge on any atom is -0.303 e. The Morgan fingerprint density at radius 1 is 1.23 bits per heavy atom. The molecular formula is C11H12N2. The normalized spacial score (nSPS) is 9.38. The molecule has 0 amide bonds. The standard InChI is InChI=1S/C11H12N2/c1-13(2)12-10-6-9-11-7-4-3-5-8-11/h3-5,7-8,10H,1-2H3/b12-10-. The number of nitrogens with zero attached hydrogens (tertiary/aromatic N) is 2. The van der Waals surface area contributed by atoms with Crippen LogP contribution in [0.4, 0.5) is 0 Å². The monoisotopic (exact) mass is 172 g/mol. The van der Waals surface area contributed by atoms with Crippen molar-refractivity contribution >= 4 is 6.21 Å². The molecule has 0 saturated carbocycles. The molecule has 1 rings (SSSR count). The molecule has 66 valence electrons. The molecular weight excluding hydrogens is 160 g/mol. The van der Waals surface area contributed by atoms with Gasteiger partial charge in [-0.15, -0.1) is 0 Å². The van der Waals surface area contributed by atoms with Crippen molar-refractivity contribution in [3.63, 3.8) is 0 Å². The summed E-state index contributed by atoms with van der Waals surface area (Å²) >= 11 is 0. The van der Waals surface area contributed by atoms with Crippen LogP contribution in [-0.4, -0.2) is 25.3 Å². The van der Waals surface area contributed by atoms with E-state index in [0.717, 1.165) is 5.56 Å². The first kappa shape index (κ1) is 9.34. The maximum absolute atomic E-state index is 3.97. The molecule has 0 atom stereocenters. The van der Waals surface area contributed by atoms with Gasteiger partial charge in [-0.05, 0) is 18.1 Å². The van der Waals surface area contributed by atoms with Gasteiger partial charge in [0.2, 0.25) is 0 Å². The van der Waals surface area contributed by atoms with Crippen molar-refractivity contribution in [2.75, 3.05) is 14.1 Å². The third kappa shape index (κ3) is 3.97. The van der Waals surface area contributed by atoms with Gasteiger partial charge in [-0.3, -0.25) is 0 Å². The molecule has 0 aromatic heterocycles. The maximum atomic E-state index is 3.97. The quantitative estimate of drug-likeness (QED) is 0.357. The Kier molecular flexibility index (Phi) is 3.59. The van der Waals surface area contributed by atoms with Gasteiger partial charge in [0.05, 0.1) is 6.21 Å². The second-order valence-electron chi connectivity index (χ2n) is 2.73. The van der Waals surface area contributed by atoms with E-state index in [2.05, 4.69) is 16.9 Å². The molecule has 0 fully saturated rings. The van der Waals surface area contributed by atoms with Crippen LogP contribution < -0.4 is 0 Å². The highest BCUT2D eigenvalue weighted by Crippen LogP contribution is 1.93. The average Bonchev–Trinajstić information content (AvgIpc) is 2.14. The van der Waals surface area contributed by atoms with Crippen molar-refractivity contribution in [3.8, 4) is 11.8 Å². The Morgan fingerprint density at radius 3 is 2.54 bits per heavy atom. The van der Waals surface area contributed by atoms with E-state index in [1.165, 1.54) is 0 Å². The molecule has 1 aromatic carbocycles. The fraction of sp³-hybridized carbons (Fsp3) is 0.182. The first-order valence-electron chi connectivity index (χ1n) is 4.05. The molecule has 0 aliphatic rings. The predicted molar refractivity (Wildman–Crippen MR) is 55.5 cm³/mol. The second-order valence-corrected chi connectivity index (χ2v) is 2.73. The lowest BCUT2D eigenvalue weighted by molar-refractivity contribution is 0.441. The van der Waals surface area contributed by atoms with Crippen LogP contribution in [0.2, 0.25) is 0 Å². The van der Waals surface area contributed by atoms with E-state index in [-0.39, 0.29) is 0 Å². The summed E-state index contributed by atoms with van der Waals surface area (Å²) in [5.74, 6) is 5.82. The Bertz CT molecular complexity index is 328. The largest absolute Gasteiger partial charge is 0.303 e. The molecule has 2 heteroatoms.